The highest BCUT2D eigenvalue weighted by molar-refractivity contribution is 6.17. The van der Waals surface area contributed by atoms with Gasteiger partial charge in [0.1, 0.15) is 5.75 Å². The number of halogens is 1. The molecule has 0 aromatic heterocycles. The molecule has 0 bridgehead atoms. The molecule has 0 aliphatic carbocycles. The van der Waals surface area contributed by atoms with Crippen molar-refractivity contribution in [3.63, 3.8) is 0 Å². The summed E-state index contributed by atoms with van der Waals surface area (Å²) in [5, 5.41) is 0. The van der Waals surface area contributed by atoms with Crippen LogP contribution in [0.4, 0.5) is 0 Å². The molecular formula is C12H17ClO. The summed E-state index contributed by atoms with van der Waals surface area (Å²) in [5.74, 6) is 1.65. The molecule has 1 aromatic rings. The molecule has 0 atom stereocenters. The number of ether oxygens (including phenoxy) is 1. The van der Waals surface area contributed by atoms with Crippen molar-refractivity contribution in [3.8, 4) is 5.75 Å². The van der Waals surface area contributed by atoms with Crippen molar-refractivity contribution in [3.05, 3.63) is 28.8 Å². The SMILES string of the molecule is Cc1cc(C)c(C)c(OCCCCl)c1. The fourth-order valence-electron chi connectivity index (χ4n) is 1.39. The molecule has 78 valence electrons. The van der Waals surface area contributed by atoms with E-state index in [1.165, 1.54) is 16.7 Å². The van der Waals surface area contributed by atoms with Gasteiger partial charge in [-0.15, -0.1) is 11.6 Å². The van der Waals surface area contributed by atoms with Crippen molar-refractivity contribution >= 4 is 11.6 Å². The molecule has 0 saturated carbocycles. The van der Waals surface area contributed by atoms with Crippen LogP contribution in [0.3, 0.4) is 0 Å². The summed E-state index contributed by atoms with van der Waals surface area (Å²) in [6, 6.07) is 4.25. The van der Waals surface area contributed by atoms with Gasteiger partial charge >= 0.3 is 0 Å². The Hall–Kier alpha value is -0.690. The van der Waals surface area contributed by atoms with Crippen molar-refractivity contribution in [1.29, 1.82) is 0 Å². The van der Waals surface area contributed by atoms with Crippen LogP contribution in [0.5, 0.6) is 5.75 Å². The average Bonchev–Trinajstić information content (AvgIpc) is 2.13. The Balaban J connectivity index is 2.75. The van der Waals surface area contributed by atoms with Crippen LogP contribution >= 0.6 is 11.6 Å². The summed E-state index contributed by atoms with van der Waals surface area (Å²) in [7, 11) is 0. The highest BCUT2D eigenvalue weighted by Gasteiger charge is 2.03. The summed E-state index contributed by atoms with van der Waals surface area (Å²) >= 11 is 5.59. The molecule has 0 fully saturated rings. The van der Waals surface area contributed by atoms with Gasteiger partial charge in [-0.2, -0.15) is 0 Å². The van der Waals surface area contributed by atoms with Crippen LogP contribution in [-0.2, 0) is 0 Å². The van der Waals surface area contributed by atoms with E-state index < -0.39 is 0 Å². The standard InChI is InChI=1S/C12H17ClO/c1-9-7-10(2)11(3)12(8-9)14-6-4-5-13/h7-8H,4-6H2,1-3H3. The van der Waals surface area contributed by atoms with Gasteiger partial charge in [0, 0.05) is 5.88 Å². The Bertz CT molecular complexity index is 307. The average molecular weight is 213 g/mol. The minimum Gasteiger partial charge on any atom is -0.493 e. The first-order valence-electron chi connectivity index (χ1n) is 4.91. The van der Waals surface area contributed by atoms with E-state index in [9.17, 15) is 0 Å². The molecule has 0 spiro atoms. The van der Waals surface area contributed by atoms with Crippen LogP contribution in [0.2, 0.25) is 0 Å². The zero-order valence-electron chi connectivity index (χ0n) is 9.06. The predicted molar refractivity (Wildman–Crippen MR) is 61.5 cm³/mol. The Morgan fingerprint density at radius 1 is 1.21 bits per heavy atom. The summed E-state index contributed by atoms with van der Waals surface area (Å²) in [6.45, 7) is 6.98. The minimum atomic E-state index is 0.657. The van der Waals surface area contributed by atoms with Gasteiger partial charge < -0.3 is 4.74 Å². The van der Waals surface area contributed by atoms with Crippen LogP contribution in [0.1, 0.15) is 23.1 Å². The number of rotatable bonds is 4. The fourth-order valence-corrected chi connectivity index (χ4v) is 1.50. The molecule has 0 heterocycles. The lowest BCUT2D eigenvalue weighted by Gasteiger charge is -2.11. The Morgan fingerprint density at radius 2 is 1.93 bits per heavy atom. The Morgan fingerprint density at radius 3 is 2.57 bits per heavy atom. The fraction of sp³-hybridized carbons (Fsp3) is 0.500. The maximum Gasteiger partial charge on any atom is 0.122 e. The zero-order valence-corrected chi connectivity index (χ0v) is 9.82. The smallest absolute Gasteiger partial charge is 0.122 e. The molecule has 1 rings (SSSR count). The summed E-state index contributed by atoms with van der Waals surface area (Å²) < 4.78 is 5.65. The van der Waals surface area contributed by atoms with Crippen molar-refractivity contribution in [2.24, 2.45) is 0 Å². The number of alkyl halides is 1. The van der Waals surface area contributed by atoms with E-state index in [0.29, 0.717) is 12.5 Å². The lowest BCUT2D eigenvalue weighted by atomic mass is 10.1. The first kappa shape index (κ1) is 11.4. The van der Waals surface area contributed by atoms with Crippen LogP contribution in [-0.4, -0.2) is 12.5 Å². The molecule has 1 aromatic carbocycles. The van der Waals surface area contributed by atoms with Gasteiger partial charge in [-0.05, 0) is 49.9 Å². The van der Waals surface area contributed by atoms with E-state index in [4.69, 9.17) is 16.3 Å². The number of aryl methyl sites for hydroxylation is 2. The minimum absolute atomic E-state index is 0.657. The third-order valence-corrected chi connectivity index (χ3v) is 2.57. The van der Waals surface area contributed by atoms with Gasteiger partial charge in [-0.1, -0.05) is 6.07 Å². The molecular weight excluding hydrogens is 196 g/mol. The van der Waals surface area contributed by atoms with Gasteiger partial charge in [0.15, 0.2) is 0 Å². The third kappa shape index (κ3) is 2.91. The Labute approximate surface area is 91.0 Å². The number of benzene rings is 1. The summed E-state index contributed by atoms with van der Waals surface area (Å²) in [5.41, 5.74) is 3.75. The maximum absolute atomic E-state index is 5.65. The Kier molecular flexibility index (Phi) is 4.27. The largest absolute Gasteiger partial charge is 0.493 e. The van der Waals surface area contributed by atoms with Crippen LogP contribution < -0.4 is 4.74 Å². The molecule has 0 radical (unpaired) electrons. The van der Waals surface area contributed by atoms with Crippen molar-refractivity contribution < 1.29 is 4.74 Å². The van der Waals surface area contributed by atoms with E-state index >= 15 is 0 Å². The second kappa shape index (κ2) is 5.26. The summed E-state index contributed by atoms with van der Waals surface area (Å²) in [4.78, 5) is 0. The topological polar surface area (TPSA) is 9.23 Å². The first-order valence-corrected chi connectivity index (χ1v) is 5.45. The zero-order chi connectivity index (χ0) is 10.6. The monoisotopic (exact) mass is 212 g/mol. The molecule has 0 N–H and O–H groups in total. The number of hydrogen-bond donors (Lipinski definition) is 0. The quantitative estimate of drug-likeness (QED) is 0.547. The van der Waals surface area contributed by atoms with E-state index in [0.717, 1.165) is 12.2 Å². The second-order valence-electron chi connectivity index (χ2n) is 3.60. The van der Waals surface area contributed by atoms with Crippen LogP contribution in [0.25, 0.3) is 0 Å². The molecule has 2 heteroatoms. The number of hydrogen-bond acceptors (Lipinski definition) is 1. The van der Waals surface area contributed by atoms with Gasteiger partial charge in [0.05, 0.1) is 6.61 Å². The molecule has 0 amide bonds. The molecule has 14 heavy (non-hydrogen) atoms. The molecule has 0 aliphatic heterocycles. The van der Waals surface area contributed by atoms with Crippen molar-refractivity contribution in [2.75, 3.05) is 12.5 Å². The third-order valence-electron chi connectivity index (χ3n) is 2.30. The normalized spacial score (nSPS) is 10.3. The molecule has 0 unspecified atom stereocenters. The van der Waals surface area contributed by atoms with Gasteiger partial charge in [-0.25, -0.2) is 0 Å². The maximum atomic E-state index is 5.65. The predicted octanol–water partition coefficient (Wildman–Crippen LogP) is 3.62. The van der Waals surface area contributed by atoms with E-state index in [-0.39, 0.29) is 0 Å². The second-order valence-corrected chi connectivity index (χ2v) is 3.97. The van der Waals surface area contributed by atoms with Crippen LogP contribution in [0, 0.1) is 20.8 Å². The van der Waals surface area contributed by atoms with E-state index in [1.807, 2.05) is 0 Å². The van der Waals surface area contributed by atoms with Gasteiger partial charge in [0.25, 0.3) is 0 Å². The van der Waals surface area contributed by atoms with Crippen LogP contribution in [0.15, 0.2) is 12.1 Å². The van der Waals surface area contributed by atoms with Crippen molar-refractivity contribution in [2.45, 2.75) is 27.2 Å². The van der Waals surface area contributed by atoms with Gasteiger partial charge in [0.2, 0.25) is 0 Å². The highest BCUT2D eigenvalue weighted by Crippen LogP contribution is 2.23. The molecule has 1 nitrogen and oxygen atoms in total. The van der Waals surface area contributed by atoms with E-state index in [1.54, 1.807) is 0 Å². The highest BCUT2D eigenvalue weighted by atomic mass is 35.5. The van der Waals surface area contributed by atoms with Crippen molar-refractivity contribution in [1.82, 2.24) is 0 Å². The summed E-state index contributed by atoms with van der Waals surface area (Å²) in [6.07, 6.45) is 0.897. The first-order chi connectivity index (χ1) is 6.65. The lowest BCUT2D eigenvalue weighted by molar-refractivity contribution is 0.316. The van der Waals surface area contributed by atoms with Gasteiger partial charge in [-0.3, -0.25) is 0 Å². The molecule has 0 aliphatic rings. The molecule has 0 saturated heterocycles. The lowest BCUT2D eigenvalue weighted by Crippen LogP contribution is -2.00. The van der Waals surface area contributed by atoms with E-state index in [2.05, 4.69) is 32.9 Å².